The lowest BCUT2D eigenvalue weighted by molar-refractivity contribution is -0.127. The first-order valence-corrected chi connectivity index (χ1v) is 14.3. The number of nitriles is 1. The molecule has 1 saturated carbocycles. The quantitative estimate of drug-likeness (QED) is 0.297. The number of morpholine rings is 1. The third-order valence-electron chi connectivity index (χ3n) is 6.15. The van der Waals surface area contributed by atoms with Gasteiger partial charge in [-0.2, -0.15) is 5.26 Å². The standard InChI is InChI=1S/C23H32N4O5S2/c24-9-10-25-22(28)21-4-2-1-3-18(21)17-34(30,31)20-7-5-19(6-8-20)33-16-11-26-23(29)27-12-14-32-15-13-27/h5-8,18,21H,1-4,10-17H2,(H,25,28)(H,26,29)/t18-,21+/m0/s1. The van der Waals surface area contributed by atoms with Crippen molar-refractivity contribution in [3.63, 3.8) is 0 Å². The van der Waals surface area contributed by atoms with E-state index in [-0.39, 0.29) is 41.0 Å². The van der Waals surface area contributed by atoms with E-state index >= 15 is 0 Å². The van der Waals surface area contributed by atoms with Crippen LogP contribution in [0.4, 0.5) is 4.79 Å². The Bertz CT molecular complexity index is 972. The number of nitrogens with zero attached hydrogens (tertiary/aromatic N) is 2. The van der Waals surface area contributed by atoms with E-state index in [1.165, 1.54) is 0 Å². The van der Waals surface area contributed by atoms with Gasteiger partial charge in [-0.05, 0) is 43.0 Å². The largest absolute Gasteiger partial charge is 0.378 e. The SMILES string of the molecule is N#CCNC(=O)[C@@H]1CCCC[C@H]1CS(=O)(=O)c1ccc(SCCNC(=O)N2CCOCC2)cc1. The van der Waals surface area contributed by atoms with Crippen molar-refractivity contribution in [1.29, 1.82) is 5.26 Å². The molecule has 0 unspecified atom stereocenters. The molecule has 2 N–H and O–H groups in total. The molecular formula is C23H32N4O5S2. The van der Waals surface area contributed by atoms with Crippen LogP contribution in [0, 0.1) is 23.2 Å². The number of benzene rings is 1. The van der Waals surface area contributed by atoms with Crippen molar-refractivity contribution in [3.8, 4) is 6.07 Å². The number of rotatable bonds is 9. The normalized spacial score (nSPS) is 20.9. The molecule has 1 saturated heterocycles. The van der Waals surface area contributed by atoms with Crippen molar-refractivity contribution in [1.82, 2.24) is 15.5 Å². The topological polar surface area (TPSA) is 129 Å². The molecule has 1 aliphatic carbocycles. The number of urea groups is 1. The Kier molecular flexibility index (Phi) is 10.0. The van der Waals surface area contributed by atoms with Crippen LogP contribution in [-0.4, -0.2) is 76.2 Å². The van der Waals surface area contributed by atoms with Crippen molar-refractivity contribution in [2.45, 2.75) is 35.5 Å². The van der Waals surface area contributed by atoms with Crippen LogP contribution in [0.5, 0.6) is 0 Å². The van der Waals surface area contributed by atoms with Gasteiger partial charge in [-0.1, -0.05) is 12.8 Å². The van der Waals surface area contributed by atoms with Crippen molar-refractivity contribution in [2.24, 2.45) is 11.8 Å². The van der Waals surface area contributed by atoms with Gasteiger partial charge in [0.05, 0.1) is 29.9 Å². The Morgan fingerprint density at radius 1 is 1.12 bits per heavy atom. The molecule has 0 bridgehead atoms. The molecule has 1 aromatic rings. The Hall–Kier alpha value is -2.29. The molecular weight excluding hydrogens is 476 g/mol. The highest BCUT2D eigenvalue weighted by atomic mass is 32.2. The summed E-state index contributed by atoms with van der Waals surface area (Å²) < 4.78 is 31.3. The fourth-order valence-corrected chi connectivity index (χ4v) is 6.81. The van der Waals surface area contributed by atoms with E-state index in [9.17, 15) is 18.0 Å². The molecule has 11 heteroatoms. The number of sulfone groups is 1. The van der Waals surface area contributed by atoms with Crippen molar-refractivity contribution in [3.05, 3.63) is 24.3 Å². The van der Waals surface area contributed by atoms with E-state index in [2.05, 4.69) is 10.6 Å². The number of hydrogen-bond donors (Lipinski definition) is 2. The van der Waals surface area contributed by atoms with E-state index in [1.54, 1.807) is 40.9 Å². The highest BCUT2D eigenvalue weighted by molar-refractivity contribution is 7.99. The number of carbonyl (C=O) groups is 2. The van der Waals surface area contributed by atoms with Gasteiger partial charge in [-0.15, -0.1) is 11.8 Å². The average molecular weight is 509 g/mol. The van der Waals surface area contributed by atoms with Crippen molar-refractivity contribution < 1.29 is 22.7 Å². The zero-order valence-electron chi connectivity index (χ0n) is 19.2. The highest BCUT2D eigenvalue weighted by Gasteiger charge is 2.34. The lowest BCUT2D eigenvalue weighted by Gasteiger charge is -2.30. The maximum absolute atomic E-state index is 13.0. The van der Waals surface area contributed by atoms with Gasteiger partial charge in [0.15, 0.2) is 9.84 Å². The van der Waals surface area contributed by atoms with Gasteiger partial charge in [-0.25, -0.2) is 13.2 Å². The zero-order valence-corrected chi connectivity index (χ0v) is 20.8. The van der Waals surface area contributed by atoms with Gasteiger partial charge in [-0.3, -0.25) is 4.79 Å². The van der Waals surface area contributed by atoms with Crippen LogP contribution in [0.15, 0.2) is 34.1 Å². The van der Waals surface area contributed by atoms with Crippen LogP contribution in [0.1, 0.15) is 25.7 Å². The van der Waals surface area contributed by atoms with Crippen LogP contribution in [0.2, 0.25) is 0 Å². The zero-order chi connectivity index (χ0) is 24.4. The first-order chi connectivity index (χ1) is 16.4. The Balaban J connectivity index is 1.49. The van der Waals surface area contributed by atoms with Gasteiger partial charge in [0.1, 0.15) is 6.54 Å². The van der Waals surface area contributed by atoms with E-state index < -0.39 is 9.84 Å². The van der Waals surface area contributed by atoms with E-state index in [0.717, 1.165) is 17.7 Å². The molecule has 1 aliphatic heterocycles. The molecule has 2 fully saturated rings. The van der Waals surface area contributed by atoms with E-state index in [0.29, 0.717) is 51.4 Å². The fraction of sp³-hybridized carbons (Fsp3) is 0.609. The Labute approximate surface area is 205 Å². The third-order valence-corrected chi connectivity index (χ3v) is 9.02. The summed E-state index contributed by atoms with van der Waals surface area (Å²) in [6.07, 6.45) is 3.13. The van der Waals surface area contributed by atoms with Gasteiger partial charge >= 0.3 is 6.03 Å². The molecule has 1 aromatic carbocycles. The first-order valence-electron chi connectivity index (χ1n) is 11.6. The number of nitrogens with one attached hydrogen (secondary N) is 2. The molecule has 186 valence electrons. The minimum absolute atomic E-state index is 0.0647. The maximum Gasteiger partial charge on any atom is 0.317 e. The molecule has 0 radical (unpaired) electrons. The lowest BCUT2D eigenvalue weighted by atomic mass is 9.80. The van der Waals surface area contributed by atoms with Crippen LogP contribution in [-0.2, 0) is 19.4 Å². The van der Waals surface area contributed by atoms with E-state index in [1.807, 2.05) is 6.07 Å². The first kappa shape index (κ1) is 26.3. The average Bonchev–Trinajstić information content (AvgIpc) is 2.86. The molecule has 0 aromatic heterocycles. The molecule has 34 heavy (non-hydrogen) atoms. The van der Waals surface area contributed by atoms with E-state index in [4.69, 9.17) is 10.00 Å². The second-order valence-corrected chi connectivity index (χ2v) is 11.7. The predicted octanol–water partition coefficient (Wildman–Crippen LogP) is 2.04. The highest BCUT2D eigenvalue weighted by Crippen LogP contribution is 2.33. The molecule has 3 amide bonds. The van der Waals surface area contributed by atoms with Gasteiger partial charge in [0, 0.05) is 36.2 Å². The van der Waals surface area contributed by atoms with Crippen LogP contribution in [0.25, 0.3) is 0 Å². The summed E-state index contributed by atoms with van der Waals surface area (Å²) in [5.41, 5.74) is 0. The van der Waals surface area contributed by atoms with Gasteiger partial charge in [0.25, 0.3) is 0 Å². The summed E-state index contributed by atoms with van der Waals surface area (Å²) in [5, 5.41) is 14.2. The molecule has 3 rings (SSSR count). The summed E-state index contributed by atoms with van der Waals surface area (Å²) in [7, 11) is -3.54. The summed E-state index contributed by atoms with van der Waals surface area (Å²) in [6.45, 7) is 2.77. The second kappa shape index (κ2) is 13.0. The minimum Gasteiger partial charge on any atom is -0.378 e. The van der Waals surface area contributed by atoms with Crippen molar-refractivity contribution >= 4 is 33.5 Å². The maximum atomic E-state index is 13.0. The van der Waals surface area contributed by atoms with Gasteiger partial charge in [0.2, 0.25) is 5.91 Å². The van der Waals surface area contributed by atoms with Gasteiger partial charge < -0.3 is 20.3 Å². The number of ether oxygens (including phenoxy) is 1. The second-order valence-electron chi connectivity index (χ2n) is 8.46. The Morgan fingerprint density at radius 2 is 1.82 bits per heavy atom. The fourth-order valence-electron chi connectivity index (χ4n) is 4.34. The lowest BCUT2D eigenvalue weighted by Crippen LogP contribution is -2.46. The summed E-state index contributed by atoms with van der Waals surface area (Å²) in [6, 6.07) is 8.57. The molecule has 1 heterocycles. The monoisotopic (exact) mass is 508 g/mol. The van der Waals surface area contributed by atoms with Crippen LogP contribution < -0.4 is 10.6 Å². The van der Waals surface area contributed by atoms with Crippen molar-refractivity contribution in [2.75, 3.05) is 50.9 Å². The summed E-state index contributed by atoms with van der Waals surface area (Å²) in [5.74, 6) is -0.253. The molecule has 2 atom stereocenters. The minimum atomic E-state index is -3.54. The van der Waals surface area contributed by atoms with Crippen LogP contribution in [0.3, 0.4) is 0 Å². The number of thioether (sulfide) groups is 1. The summed E-state index contributed by atoms with van der Waals surface area (Å²) in [4.78, 5) is 27.4. The molecule has 9 nitrogen and oxygen atoms in total. The number of carbonyl (C=O) groups excluding carboxylic acids is 2. The predicted molar refractivity (Wildman–Crippen MR) is 129 cm³/mol. The number of hydrogen-bond acceptors (Lipinski definition) is 7. The molecule has 0 spiro atoms. The van der Waals surface area contributed by atoms with Crippen LogP contribution >= 0.6 is 11.8 Å². The Morgan fingerprint density at radius 3 is 2.53 bits per heavy atom. The third kappa shape index (κ3) is 7.61. The summed E-state index contributed by atoms with van der Waals surface area (Å²) >= 11 is 1.54. The number of amides is 3. The smallest absolute Gasteiger partial charge is 0.317 e. The molecule has 2 aliphatic rings.